The number of alkyl halides is 3. The number of carboxylic acid groups (broad SMARTS) is 1. The number of amides is 1. The molecule has 13 heteroatoms. The van der Waals surface area contributed by atoms with Crippen LogP contribution in [0.1, 0.15) is 31.4 Å². The number of aliphatic hydroxyl groups is 1. The standard InChI is InChI=1S/C28H29F3N4O6/c1-27(2)13-20-23(15-9-18(40-3)12-19(10-15)41-4)32-35(25(37)24(20)34(27)26(38)39)22-11-16(33-8-7-17(36)14-33)5-6-21(22)28(29,30)31/h5-6,9-12,17,36H,7-8,13-14H2,1-4H3,(H,38,39)/t17-/m0/s1. The number of carbonyl (C=O) groups is 1. The zero-order chi connectivity index (χ0) is 29.9. The zero-order valence-electron chi connectivity index (χ0n) is 22.8. The van der Waals surface area contributed by atoms with Crippen molar-refractivity contribution in [3.8, 4) is 28.4 Å². The number of anilines is 2. The van der Waals surface area contributed by atoms with Crippen molar-refractivity contribution in [2.75, 3.05) is 37.1 Å². The monoisotopic (exact) mass is 574 g/mol. The lowest BCUT2D eigenvalue weighted by Crippen LogP contribution is -2.46. The quantitative estimate of drug-likeness (QED) is 0.463. The summed E-state index contributed by atoms with van der Waals surface area (Å²) in [7, 11) is 2.87. The predicted molar refractivity (Wildman–Crippen MR) is 144 cm³/mol. The maximum absolute atomic E-state index is 14.3. The summed E-state index contributed by atoms with van der Waals surface area (Å²) in [6.45, 7) is 3.88. The van der Waals surface area contributed by atoms with Crippen LogP contribution in [0, 0.1) is 0 Å². The molecule has 1 amide bonds. The molecule has 2 aromatic carbocycles. The maximum Gasteiger partial charge on any atom is 0.418 e. The Morgan fingerprint density at radius 2 is 1.76 bits per heavy atom. The molecule has 0 saturated carbocycles. The van der Waals surface area contributed by atoms with Crippen molar-refractivity contribution in [1.82, 2.24) is 9.78 Å². The first kappa shape index (κ1) is 28.3. The van der Waals surface area contributed by atoms with E-state index in [0.717, 1.165) is 11.0 Å². The van der Waals surface area contributed by atoms with Crippen LogP contribution < -0.4 is 24.8 Å². The van der Waals surface area contributed by atoms with Crippen LogP contribution in [0.2, 0.25) is 0 Å². The Hall–Kier alpha value is -4.26. The molecule has 5 rings (SSSR count). The highest BCUT2D eigenvalue weighted by Crippen LogP contribution is 2.43. The fourth-order valence-electron chi connectivity index (χ4n) is 5.56. The third-order valence-electron chi connectivity index (χ3n) is 7.46. The molecule has 0 spiro atoms. The Kier molecular flexibility index (Phi) is 6.88. The minimum Gasteiger partial charge on any atom is -0.497 e. The molecule has 2 N–H and O–H groups in total. The average Bonchev–Trinajstić information content (AvgIpc) is 3.47. The zero-order valence-corrected chi connectivity index (χ0v) is 22.8. The number of hydrogen-bond acceptors (Lipinski definition) is 7. The second-order valence-corrected chi connectivity index (χ2v) is 10.7. The fourth-order valence-corrected chi connectivity index (χ4v) is 5.56. The van der Waals surface area contributed by atoms with Gasteiger partial charge >= 0.3 is 12.3 Å². The van der Waals surface area contributed by atoms with E-state index in [1.54, 1.807) is 36.9 Å². The Morgan fingerprint density at radius 3 is 2.29 bits per heavy atom. The molecule has 2 aliphatic heterocycles. The van der Waals surface area contributed by atoms with Gasteiger partial charge in [-0.15, -0.1) is 0 Å². The largest absolute Gasteiger partial charge is 0.497 e. The number of hydrogen-bond donors (Lipinski definition) is 2. The SMILES string of the molecule is COc1cc(OC)cc(-c2nn(-c3cc(N4CC[C@H](O)C4)ccc3C(F)(F)F)c(=O)c3c2CC(C)(C)N3C(=O)O)c1. The first-order chi connectivity index (χ1) is 19.2. The van der Waals surface area contributed by atoms with E-state index in [2.05, 4.69) is 5.10 Å². The van der Waals surface area contributed by atoms with Gasteiger partial charge in [-0.2, -0.15) is 23.0 Å². The lowest BCUT2D eigenvalue weighted by Gasteiger charge is -2.28. The van der Waals surface area contributed by atoms with E-state index in [-0.39, 0.29) is 29.9 Å². The molecular formula is C28H29F3N4O6. The highest BCUT2D eigenvalue weighted by molar-refractivity contribution is 5.93. The smallest absolute Gasteiger partial charge is 0.418 e. The van der Waals surface area contributed by atoms with E-state index < -0.39 is 40.7 Å². The lowest BCUT2D eigenvalue weighted by molar-refractivity contribution is -0.137. The summed E-state index contributed by atoms with van der Waals surface area (Å²) in [4.78, 5) is 29.0. The van der Waals surface area contributed by atoms with Crippen LogP contribution in [0.4, 0.5) is 29.3 Å². The normalized spacial score (nSPS) is 18.0. The summed E-state index contributed by atoms with van der Waals surface area (Å²) < 4.78 is 54.3. The second-order valence-electron chi connectivity index (χ2n) is 10.7. The van der Waals surface area contributed by atoms with Crippen molar-refractivity contribution < 1.29 is 37.7 Å². The van der Waals surface area contributed by atoms with Gasteiger partial charge in [-0.3, -0.25) is 9.69 Å². The van der Waals surface area contributed by atoms with Gasteiger partial charge in [0.25, 0.3) is 5.56 Å². The van der Waals surface area contributed by atoms with Gasteiger partial charge in [0, 0.05) is 42.4 Å². The molecule has 0 radical (unpaired) electrons. The van der Waals surface area contributed by atoms with E-state index in [4.69, 9.17) is 9.47 Å². The fraction of sp³-hybridized carbons (Fsp3) is 0.393. The Labute approximate surface area is 233 Å². The number of methoxy groups -OCH3 is 2. The second kappa shape index (κ2) is 9.98. The molecule has 0 unspecified atom stereocenters. The summed E-state index contributed by atoms with van der Waals surface area (Å²) >= 11 is 0. The van der Waals surface area contributed by atoms with Crippen molar-refractivity contribution >= 4 is 17.5 Å². The molecule has 3 heterocycles. The van der Waals surface area contributed by atoms with Crippen LogP contribution in [0.5, 0.6) is 11.5 Å². The molecule has 3 aromatic rings. The topological polar surface area (TPSA) is 117 Å². The molecule has 41 heavy (non-hydrogen) atoms. The van der Waals surface area contributed by atoms with Crippen molar-refractivity contribution in [1.29, 1.82) is 0 Å². The number of ether oxygens (including phenoxy) is 2. The number of fused-ring (bicyclic) bond motifs is 1. The lowest BCUT2D eigenvalue weighted by atomic mass is 9.96. The maximum atomic E-state index is 14.3. The summed E-state index contributed by atoms with van der Waals surface area (Å²) in [5.41, 5.74) is -2.93. The van der Waals surface area contributed by atoms with Gasteiger partial charge in [-0.25, -0.2) is 4.79 Å². The van der Waals surface area contributed by atoms with Gasteiger partial charge in [0.15, 0.2) is 0 Å². The number of aromatic nitrogens is 2. The van der Waals surface area contributed by atoms with Crippen LogP contribution in [0.15, 0.2) is 41.2 Å². The molecule has 1 fully saturated rings. The number of benzene rings is 2. The summed E-state index contributed by atoms with van der Waals surface area (Å²) in [5.74, 6) is 0.733. The average molecular weight is 575 g/mol. The third-order valence-corrected chi connectivity index (χ3v) is 7.46. The number of rotatable bonds is 5. The molecule has 1 saturated heterocycles. The number of halogens is 3. The Bertz CT molecular complexity index is 1560. The summed E-state index contributed by atoms with van der Waals surface area (Å²) in [6.07, 6.45) is -6.39. The van der Waals surface area contributed by atoms with E-state index in [0.29, 0.717) is 40.4 Å². The summed E-state index contributed by atoms with van der Waals surface area (Å²) in [5, 5.41) is 24.6. The minimum atomic E-state index is -4.86. The highest BCUT2D eigenvalue weighted by atomic mass is 19.4. The van der Waals surface area contributed by atoms with Gasteiger partial charge in [0.2, 0.25) is 0 Å². The van der Waals surface area contributed by atoms with Gasteiger partial charge in [0.05, 0.1) is 42.8 Å². The number of nitrogens with zero attached hydrogens (tertiary/aromatic N) is 4. The van der Waals surface area contributed by atoms with Crippen LogP contribution in [0.3, 0.4) is 0 Å². The van der Waals surface area contributed by atoms with Gasteiger partial charge in [-0.05, 0) is 50.6 Å². The molecule has 0 aliphatic carbocycles. The van der Waals surface area contributed by atoms with Crippen LogP contribution in [0.25, 0.3) is 16.9 Å². The minimum absolute atomic E-state index is 0.0877. The molecule has 2 aliphatic rings. The van der Waals surface area contributed by atoms with Crippen molar-refractivity contribution in [3.63, 3.8) is 0 Å². The van der Waals surface area contributed by atoms with Crippen LogP contribution in [-0.4, -0.2) is 65.0 Å². The highest BCUT2D eigenvalue weighted by Gasteiger charge is 2.45. The molecular weight excluding hydrogens is 545 g/mol. The first-order valence-electron chi connectivity index (χ1n) is 12.8. The van der Waals surface area contributed by atoms with Crippen LogP contribution in [-0.2, 0) is 12.6 Å². The van der Waals surface area contributed by atoms with Gasteiger partial charge in [0.1, 0.15) is 17.2 Å². The van der Waals surface area contributed by atoms with E-state index in [1.807, 2.05) is 0 Å². The molecule has 218 valence electrons. The number of β-amino-alcohol motifs (C(OH)–C–C–N with tert-alkyl or cyclic N) is 1. The van der Waals surface area contributed by atoms with Crippen molar-refractivity contribution in [3.05, 3.63) is 57.9 Å². The van der Waals surface area contributed by atoms with E-state index in [9.17, 15) is 33.0 Å². The Morgan fingerprint density at radius 1 is 1.10 bits per heavy atom. The molecule has 1 aromatic heterocycles. The van der Waals surface area contributed by atoms with E-state index in [1.165, 1.54) is 26.4 Å². The molecule has 0 bridgehead atoms. The van der Waals surface area contributed by atoms with Crippen molar-refractivity contribution in [2.45, 2.75) is 44.5 Å². The predicted octanol–water partition coefficient (Wildman–Crippen LogP) is 4.33. The van der Waals surface area contributed by atoms with Crippen LogP contribution >= 0.6 is 0 Å². The summed E-state index contributed by atoms with van der Waals surface area (Å²) in [6, 6.07) is 8.12. The molecule has 1 atom stereocenters. The van der Waals surface area contributed by atoms with Gasteiger partial charge < -0.3 is 24.6 Å². The van der Waals surface area contributed by atoms with Crippen molar-refractivity contribution in [2.24, 2.45) is 0 Å². The Balaban J connectivity index is 1.85. The first-order valence-corrected chi connectivity index (χ1v) is 12.8. The van der Waals surface area contributed by atoms with E-state index >= 15 is 0 Å². The third kappa shape index (κ3) is 4.94. The van der Waals surface area contributed by atoms with Gasteiger partial charge in [-0.1, -0.05) is 0 Å². The molecule has 10 nitrogen and oxygen atoms in total. The number of aliphatic hydroxyl groups excluding tert-OH is 1.